The summed E-state index contributed by atoms with van der Waals surface area (Å²) in [4.78, 5) is 22.4. The van der Waals surface area contributed by atoms with E-state index in [1.165, 1.54) is 13.8 Å². The van der Waals surface area contributed by atoms with Crippen molar-refractivity contribution in [3.05, 3.63) is 23.8 Å². The highest BCUT2D eigenvalue weighted by atomic mass is 16.6. The minimum absolute atomic E-state index is 0.0953. The molecule has 0 fully saturated rings. The maximum Gasteiger partial charge on any atom is 0.308 e. The summed E-state index contributed by atoms with van der Waals surface area (Å²) in [7, 11) is 0. The van der Waals surface area contributed by atoms with Gasteiger partial charge in [0.05, 0.1) is 0 Å². The van der Waals surface area contributed by atoms with Gasteiger partial charge in [-0.25, -0.2) is 0 Å². The Labute approximate surface area is 132 Å². The van der Waals surface area contributed by atoms with Crippen molar-refractivity contribution in [2.75, 3.05) is 0 Å². The van der Waals surface area contributed by atoms with Crippen molar-refractivity contribution in [2.24, 2.45) is 5.41 Å². The van der Waals surface area contributed by atoms with Crippen LogP contribution in [-0.2, 0) is 15.0 Å². The van der Waals surface area contributed by atoms with E-state index in [4.69, 9.17) is 9.47 Å². The predicted molar refractivity (Wildman–Crippen MR) is 86.2 cm³/mol. The zero-order valence-corrected chi connectivity index (χ0v) is 14.6. The lowest BCUT2D eigenvalue weighted by molar-refractivity contribution is -0.134. The van der Waals surface area contributed by atoms with Crippen LogP contribution in [0.15, 0.2) is 18.2 Å². The van der Waals surface area contributed by atoms with Crippen molar-refractivity contribution in [1.29, 1.82) is 0 Å². The van der Waals surface area contributed by atoms with Gasteiger partial charge < -0.3 is 9.47 Å². The first-order valence-corrected chi connectivity index (χ1v) is 7.42. The van der Waals surface area contributed by atoms with Crippen LogP contribution in [0.5, 0.6) is 11.5 Å². The van der Waals surface area contributed by atoms with Crippen LogP contribution in [0.3, 0.4) is 0 Å². The zero-order chi connectivity index (χ0) is 17.1. The number of carbonyl (C=O) groups is 2. The third-order valence-electron chi connectivity index (χ3n) is 3.20. The molecule has 0 saturated carbocycles. The van der Waals surface area contributed by atoms with E-state index in [2.05, 4.69) is 34.6 Å². The second kappa shape index (κ2) is 6.51. The van der Waals surface area contributed by atoms with E-state index < -0.39 is 11.9 Å². The summed E-state index contributed by atoms with van der Waals surface area (Å²) in [5, 5.41) is 0. The van der Waals surface area contributed by atoms with Gasteiger partial charge in [0.25, 0.3) is 0 Å². The van der Waals surface area contributed by atoms with Crippen LogP contribution in [-0.4, -0.2) is 11.9 Å². The van der Waals surface area contributed by atoms with E-state index >= 15 is 0 Å². The Morgan fingerprint density at radius 1 is 0.909 bits per heavy atom. The molecule has 122 valence electrons. The van der Waals surface area contributed by atoms with Crippen molar-refractivity contribution in [3.8, 4) is 11.5 Å². The number of esters is 2. The number of hydrogen-bond acceptors (Lipinski definition) is 4. The third kappa shape index (κ3) is 5.51. The molecule has 0 aliphatic rings. The monoisotopic (exact) mass is 306 g/mol. The number of hydrogen-bond donors (Lipinski definition) is 0. The Morgan fingerprint density at radius 2 is 1.41 bits per heavy atom. The third-order valence-corrected chi connectivity index (χ3v) is 3.20. The molecule has 22 heavy (non-hydrogen) atoms. The highest BCUT2D eigenvalue weighted by Gasteiger charge is 2.28. The fourth-order valence-corrected chi connectivity index (χ4v) is 2.83. The van der Waals surface area contributed by atoms with Crippen LogP contribution in [0.1, 0.15) is 60.5 Å². The average Bonchev–Trinajstić information content (AvgIpc) is 2.26. The van der Waals surface area contributed by atoms with E-state index in [0.29, 0.717) is 0 Å². The molecule has 0 spiro atoms. The summed E-state index contributed by atoms with van der Waals surface area (Å²) in [6.45, 7) is 13.5. The summed E-state index contributed by atoms with van der Waals surface area (Å²) >= 11 is 0. The summed E-state index contributed by atoms with van der Waals surface area (Å²) in [5.74, 6) is -0.352. The molecule has 0 radical (unpaired) electrons. The largest absolute Gasteiger partial charge is 0.423 e. The van der Waals surface area contributed by atoms with Gasteiger partial charge in [0, 0.05) is 13.8 Å². The lowest BCUT2D eigenvalue weighted by Crippen LogP contribution is -2.25. The molecule has 1 aromatic rings. The van der Waals surface area contributed by atoms with Crippen molar-refractivity contribution in [2.45, 2.75) is 60.3 Å². The molecule has 0 saturated heterocycles. The summed E-state index contributed by atoms with van der Waals surface area (Å²) < 4.78 is 10.3. The second-order valence-electron chi connectivity index (χ2n) is 7.47. The summed E-state index contributed by atoms with van der Waals surface area (Å²) in [6.07, 6.45) is 0.965. The van der Waals surface area contributed by atoms with Crippen molar-refractivity contribution in [1.82, 2.24) is 0 Å². The maximum absolute atomic E-state index is 11.3. The molecule has 1 aromatic carbocycles. The van der Waals surface area contributed by atoms with Crippen LogP contribution in [0.25, 0.3) is 0 Å². The molecule has 0 aliphatic heterocycles. The number of carbonyl (C=O) groups excluding carboxylic acids is 2. The van der Waals surface area contributed by atoms with Gasteiger partial charge in [-0.3, -0.25) is 9.59 Å². The van der Waals surface area contributed by atoms with Crippen molar-refractivity contribution in [3.63, 3.8) is 0 Å². The van der Waals surface area contributed by atoms with Crippen LogP contribution in [0.2, 0.25) is 0 Å². The first-order chi connectivity index (χ1) is 9.90. The molecule has 0 aliphatic carbocycles. The molecule has 0 atom stereocenters. The fraction of sp³-hybridized carbons (Fsp3) is 0.556. The van der Waals surface area contributed by atoms with Gasteiger partial charge in [-0.05, 0) is 34.9 Å². The molecule has 0 unspecified atom stereocenters. The number of benzene rings is 1. The fourth-order valence-electron chi connectivity index (χ4n) is 2.83. The van der Waals surface area contributed by atoms with Crippen molar-refractivity contribution >= 4 is 11.9 Å². The molecule has 0 amide bonds. The Balaban J connectivity index is 3.22. The normalized spacial score (nSPS) is 12.0. The molecule has 4 heteroatoms. The molecule has 4 nitrogen and oxygen atoms in total. The Kier molecular flexibility index (Phi) is 5.39. The van der Waals surface area contributed by atoms with Gasteiger partial charge in [0.15, 0.2) is 11.5 Å². The lowest BCUT2D eigenvalue weighted by atomic mass is 9.72. The van der Waals surface area contributed by atoms with Gasteiger partial charge in [-0.2, -0.15) is 0 Å². The Hall–Kier alpha value is -1.84. The number of rotatable bonds is 4. The minimum Gasteiger partial charge on any atom is -0.423 e. The quantitative estimate of drug-likeness (QED) is 0.616. The maximum atomic E-state index is 11.3. The van der Waals surface area contributed by atoms with Crippen LogP contribution in [0.4, 0.5) is 0 Å². The molecular formula is C18H26O4. The van der Waals surface area contributed by atoms with Crippen LogP contribution >= 0.6 is 0 Å². The summed E-state index contributed by atoms with van der Waals surface area (Å²) in [6, 6.07) is 5.38. The van der Waals surface area contributed by atoms with Crippen LogP contribution < -0.4 is 9.47 Å². The van der Waals surface area contributed by atoms with E-state index in [0.717, 1.165) is 12.0 Å². The average molecular weight is 306 g/mol. The highest BCUT2D eigenvalue weighted by Crippen LogP contribution is 2.39. The molecule has 0 bridgehead atoms. The van der Waals surface area contributed by atoms with E-state index in [9.17, 15) is 9.59 Å². The van der Waals surface area contributed by atoms with Crippen LogP contribution in [0, 0.1) is 5.41 Å². The Bertz CT molecular complexity index is 565. The molecule has 1 rings (SSSR count). The first kappa shape index (κ1) is 18.2. The minimum atomic E-state index is -0.449. The molecule has 0 aromatic heterocycles. The van der Waals surface area contributed by atoms with Gasteiger partial charge in [-0.1, -0.05) is 40.7 Å². The SMILES string of the molecule is CC(=O)Oc1ccc(C(C)(C)CC(C)(C)C)cc1OC(C)=O. The van der Waals surface area contributed by atoms with E-state index in [1.807, 2.05) is 6.07 Å². The smallest absolute Gasteiger partial charge is 0.308 e. The standard InChI is InChI=1S/C18H26O4/c1-12(19)21-15-9-8-14(10-16(15)22-13(2)20)18(6,7)11-17(3,4)5/h8-10H,11H2,1-7H3. The lowest BCUT2D eigenvalue weighted by Gasteiger charge is -2.33. The van der Waals surface area contributed by atoms with Gasteiger partial charge in [-0.15, -0.1) is 0 Å². The highest BCUT2D eigenvalue weighted by molar-refractivity contribution is 5.73. The van der Waals surface area contributed by atoms with E-state index in [1.54, 1.807) is 12.1 Å². The predicted octanol–water partition coefficient (Wildman–Crippen LogP) is 4.25. The number of ether oxygens (including phenoxy) is 2. The first-order valence-electron chi connectivity index (χ1n) is 7.42. The van der Waals surface area contributed by atoms with Gasteiger partial charge >= 0.3 is 11.9 Å². The molecule has 0 heterocycles. The van der Waals surface area contributed by atoms with Gasteiger partial charge in [0.2, 0.25) is 0 Å². The summed E-state index contributed by atoms with van der Waals surface area (Å²) in [5.41, 5.74) is 1.11. The molecule has 0 N–H and O–H groups in total. The second-order valence-corrected chi connectivity index (χ2v) is 7.47. The zero-order valence-electron chi connectivity index (χ0n) is 14.6. The van der Waals surface area contributed by atoms with E-state index in [-0.39, 0.29) is 22.3 Å². The van der Waals surface area contributed by atoms with Crippen molar-refractivity contribution < 1.29 is 19.1 Å². The topological polar surface area (TPSA) is 52.6 Å². The Morgan fingerprint density at radius 3 is 1.86 bits per heavy atom. The van der Waals surface area contributed by atoms with Gasteiger partial charge in [0.1, 0.15) is 0 Å². The molecular weight excluding hydrogens is 280 g/mol.